The molecule has 0 aliphatic rings. The minimum absolute atomic E-state index is 0.0349. The van der Waals surface area contributed by atoms with Crippen molar-refractivity contribution < 1.29 is 18.4 Å². The molecule has 0 aliphatic heterocycles. The highest BCUT2D eigenvalue weighted by molar-refractivity contribution is 6.78. The summed E-state index contributed by atoms with van der Waals surface area (Å²) >= 11 is 0. The second-order valence-corrected chi connectivity index (χ2v) is 28.7. The molecule has 0 spiro atoms. The first-order valence-corrected chi connectivity index (χ1v) is 20.7. The van der Waals surface area contributed by atoms with Crippen molar-refractivity contribution in [3.8, 4) is 0 Å². The fourth-order valence-corrected chi connectivity index (χ4v) is 6.38. The van der Waals surface area contributed by atoms with E-state index in [1.165, 1.54) is 0 Å². The number of nitrogens with one attached hydrogen (secondary N) is 1. The molecule has 0 aromatic carbocycles. The Kier molecular flexibility index (Phi) is 9.52. The Labute approximate surface area is 202 Å². The molecule has 1 N–H and O–H groups in total. The molecule has 0 aromatic rings. The summed E-state index contributed by atoms with van der Waals surface area (Å²) in [6, 6.07) is 0. The number of hydrogen-bond donors (Lipinski definition) is 1. The molecule has 0 heterocycles. The summed E-state index contributed by atoms with van der Waals surface area (Å²) in [6.45, 7) is 34.0. The first kappa shape index (κ1) is 31.6. The van der Waals surface area contributed by atoms with Crippen LogP contribution in [0.5, 0.6) is 0 Å². The van der Waals surface area contributed by atoms with Crippen molar-refractivity contribution in [3.63, 3.8) is 0 Å². The highest BCUT2D eigenvalue weighted by Gasteiger charge is 2.49. The lowest BCUT2D eigenvalue weighted by Crippen LogP contribution is -2.66. The van der Waals surface area contributed by atoms with Crippen molar-refractivity contribution in [2.24, 2.45) is 0 Å². The maximum absolute atomic E-state index is 13.6. The zero-order valence-electron chi connectivity index (χ0n) is 24.0. The fraction of sp³-hybridized carbons (Fsp3) is 0.917. The lowest BCUT2D eigenvalue weighted by atomic mass is 9.97. The van der Waals surface area contributed by atoms with E-state index >= 15 is 0 Å². The van der Waals surface area contributed by atoms with Crippen molar-refractivity contribution >= 4 is 36.8 Å². The third-order valence-electron chi connectivity index (χ3n) is 8.07. The van der Waals surface area contributed by atoms with Crippen LogP contribution in [0, 0.1) is 0 Å². The molecule has 0 rings (SSSR count). The summed E-state index contributed by atoms with van der Waals surface area (Å²) in [5.41, 5.74) is -0.940. The topological polar surface area (TPSA) is 64.6 Å². The van der Waals surface area contributed by atoms with Gasteiger partial charge in [0.15, 0.2) is 0 Å². The molecule has 0 saturated heterocycles. The van der Waals surface area contributed by atoms with Gasteiger partial charge in [0.05, 0.1) is 0 Å². The normalized spacial score (nSPS) is 16.4. The van der Waals surface area contributed by atoms with Crippen LogP contribution >= 0.6 is 0 Å². The van der Waals surface area contributed by atoms with E-state index in [9.17, 15) is 9.59 Å². The lowest BCUT2D eigenvalue weighted by molar-refractivity contribution is -0.143. The number of carbonyl (C=O) groups is 2. The zero-order valence-corrected chi connectivity index (χ0v) is 27.0. The van der Waals surface area contributed by atoms with Crippen molar-refractivity contribution in [2.45, 2.75) is 142 Å². The Hall–Kier alpha value is -0.449. The van der Waals surface area contributed by atoms with Crippen LogP contribution in [-0.4, -0.2) is 42.3 Å². The van der Waals surface area contributed by atoms with E-state index in [1.807, 2.05) is 6.92 Å². The molecule has 0 bridgehead atoms. The van der Waals surface area contributed by atoms with Crippen LogP contribution in [-0.2, 0) is 18.4 Å². The van der Waals surface area contributed by atoms with Gasteiger partial charge in [0.25, 0.3) is 22.6 Å². The molecular formula is C24H53NO4Si3. The second kappa shape index (κ2) is 9.66. The van der Waals surface area contributed by atoms with Crippen molar-refractivity contribution in [3.05, 3.63) is 0 Å². The molecule has 0 radical (unpaired) electrons. The van der Waals surface area contributed by atoms with Crippen molar-refractivity contribution in [2.75, 3.05) is 0 Å². The van der Waals surface area contributed by atoms with Crippen LogP contribution in [0.2, 0.25) is 54.4 Å². The maximum atomic E-state index is 13.6. The molecule has 0 saturated carbocycles. The van der Waals surface area contributed by atoms with Crippen LogP contribution in [0.15, 0.2) is 0 Å². The summed E-state index contributed by atoms with van der Waals surface area (Å²) in [4.78, 5) is 30.2. The Morgan fingerprint density at radius 2 is 1.03 bits per heavy atom. The van der Waals surface area contributed by atoms with Crippen LogP contribution in [0.25, 0.3) is 0 Å². The summed E-state index contributed by atoms with van der Waals surface area (Å²) in [5.74, 6) is -0.464. The van der Waals surface area contributed by atoms with Gasteiger partial charge in [-0.1, -0.05) is 75.4 Å². The van der Waals surface area contributed by atoms with Gasteiger partial charge in [-0.3, -0.25) is 9.59 Å². The Morgan fingerprint density at radius 3 is 1.38 bits per heavy atom. The Bertz CT molecular complexity index is 683. The lowest BCUT2D eigenvalue weighted by Gasteiger charge is -2.46. The van der Waals surface area contributed by atoms with Gasteiger partial charge in [-0.25, -0.2) is 0 Å². The smallest absolute Gasteiger partial charge is 0.312 e. The van der Waals surface area contributed by atoms with E-state index in [1.54, 1.807) is 0 Å². The molecule has 1 atom stereocenters. The van der Waals surface area contributed by atoms with Crippen molar-refractivity contribution in [1.82, 2.24) is 4.98 Å². The predicted molar refractivity (Wildman–Crippen MR) is 145 cm³/mol. The summed E-state index contributed by atoms with van der Waals surface area (Å²) in [7, 11) is -6.56. The van der Waals surface area contributed by atoms with Gasteiger partial charge >= 0.3 is 5.97 Å². The molecule has 0 aliphatic carbocycles. The molecule has 0 fully saturated rings. The third kappa shape index (κ3) is 8.09. The van der Waals surface area contributed by atoms with Gasteiger partial charge in [0, 0.05) is 6.42 Å². The predicted octanol–water partition coefficient (Wildman–Crippen LogP) is 7.22. The van der Waals surface area contributed by atoms with Crippen LogP contribution in [0.3, 0.4) is 0 Å². The zero-order chi connectivity index (χ0) is 26.2. The van der Waals surface area contributed by atoms with Gasteiger partial charge in [0.1, 0.15) is 13.8 Å². The van der Waals surface area contributed by atoms with Gasteiger partial charge in [0.2, 0.25) is 0 Å². The minimum atomic E-state index is -2.30. The average Bonchev–Trinajstić information content (AvgIpc) is 2.48. The van der Waals surface area contributed by atoms with Crippen LogP contribution in [0.1, 0.15) is 82.1 Å². The minimum Gasteiger partial charge on any atom is -0.519 e. The number of hydrogen-bond acceptors (Lipinski definition) is 5. The fourth-order valence-electron chi connectivity index (χ4n) is 2.43. The first-order valence-electron chi connectivity index (χ1n) is 11.9. The van der Waals surface area contributed by atoms with Crippen LogP contribution in [0.4, 0.5) is 0 Å². The highest BCUT2D eigenvalue weighted by atomic mass is 28.4. The third-order valence-corrected chi connectivity index (χ3v) is 21.7. The molecular weight excluding hydrogens is 451 g/mol. The first-order chi connectivity index (χ1) is 13.7. The molecule has 5 nitrogen and oxygen atoms in total. The monoisotopic (exact) mass is 503 g/mol. The maximum Gasteiger partial charge on any atom is 0.312 e. The van der Waals surface area contributed by atoms with Gasteiger partial charge in [-0.15, -0.1) is 0 Å². The van der Waals surface area contributed by atoms with E-state index in [0.717, 1.165) is 0 Å². The molecule has 32 heavy (non-hydrogen) atoms. The second-order valence-electron chi connectivity index (χ2n) is 14.2. The van der Waals surface area contributed by atoms with E-state index in [-0.39, 0.29) is 33.5 Å². The number of rotatable bonds is 8. The SMILES string of the molecule is CC(CCC(=O)O[Si](C)(C)C(C)(C)C)(N[Si](C)(C)C(C)(C)C)C(=O)O[Si](C)(C)C(C)(C)C. The standard InChI is InChI=1S/C24H53NO4Si3/c1-21(2,3)30(11,12)25-24(10,20(27)29-32(15,16)23(7,8)9)18-17-19(26)28-31(13,14)22(4,5)6/h25H,17-18H2,1-16H3. The van der Waals surface area contributed by atoms with E-state index in [0.29, 0.717) is 6.42 Å². The van der Waals surface area contributed by atoms with Crippen LogP contribution < -0.4 is 4.98 Å². The number of carbonyl (C=O) groups excluding carboxylic acids is 2. The van der Waals surface area contributed by atoms with Gasteiger partial charge in [-0.05, 0) is 54.6 Å². The molecule has 8 heteroatoms. The van der Waals surface area contributed by atoms with E-state index < -0.39 is 30.4 Å². The summed E-state index contributed by atoms with van der Waals surface area (Å²) in [6.07, 6.45) is 0.553. The Morgan fingerprint density at radius 1 is 0.656 bits per heavy atom. The summed E-state index contributed by atoms with van der Waals surface area (Å²) < 4.78 is 12.2. The molecule has 0 amide bonds. The van der Waals surface area contributed by atoms with Gasteiger partial charge < -0.3 is 13.8 Å². The largest absolute Gasteiger partial charge is 0.519 e. The van der Waals surface area contributed by atoms with E-state index in [4.69, 9.17) is 8.85 Å². The molecule has 1 unspecified atom stereocenters. The Balaban J connectivity index is 5.86. The highest BCUT2D eigenvalue weighted by Crippen LogP contribution is 2.40. The van der Waals surface area contributed by atoms with E-state index in [2.05, 4.69) is 107 Å². The summed E-state index contributed by atoms with van der Waals surface area (Å²) in [5, 5.41) is -0.0957. The quantitative estimate of drug-likeness (QED) is 0.354. The molecule has 0 aromatic heterocycles. The van der Waals surface area contributed by atoms with Gasteiger partial charge in [-0.2, -0.15) is 0 Å². The van der Waals surface area contributed by atoms with Crippen molar-refractivity contribution in [1.29, 1.82) is 0 Å². The molecule has 190 valence electrons. The average molecular weight is 504 g/mol.